The molecule has 6 nitrogen and oxygen atoms in total. The van der Waals surface area contributed by atoms with E-state index in [-0.39, 0.29) is 29.9 Å². The van der Waals surface area contributed by atoms with Gasteiger partial charge in [0, 0.05) is 38.5 Å². The van der Waals surface area contributed by atoms with Crippen LogP contribution in [0.5, 0.6) is 0 Å². The third-order valence-electron chi connectivity index (χ3n) is 4.29. The lowest BCUT2D eigenvalue weighted by Crippen LogP contribution is -2.45. The van der Waals surface area contributed by atoms with E-state index in [1.807, 2.05) is 20.9 Å². The first-order chi connectivity index (χ1) is 11.0. The van der Waals surface area contributed by atoms with E-state index in [0.29, 0.717) is 12.3 Å². The summed E-state index contributed by atoms with van der Waals surface area (Å²) in [6.07, 6.45) is 2.70. The highest BCUT2D eigenvalue weighted by atomic mass is 127. The Kier molecular flexibility index (Phi) is 8.96. The van der Waals surface area contributed by atoms with Gasteiger partial charge in [-0.25, -0.2) is 4.98 Å². The van der Waals surface area contributed by atoms with Crippen molar-refractivity contribution >= 4 is 47.2 Å². The molecular formula is C16H28IN5OS. The van der Waals surface area contributed by atoms with Crippen LogP contribution in [-0.4, -0.2) is 48.9 Å². The average molecular weight is 465 g/mol. The Morgan fingerprint density at radius 3 is 2.54 bits per heavy atom. The summed E-state index contributed by atoms with van der Waals surface area (Å²) in [6.45, 7) is 6.74. The van der Waals surface area contributed by atoms with Crippen LogP contribution in [0, 0.1) is 19.8 Å². The van der Waals surface area contributed by atoms with Gasteiger partial charge in [0.2, 0.25) is 5.91 Å². The number of carbonyl (C=O) groups is 1. The Labute approximate surface area is 165 Å². The molecule has 1 aromatic rings. The number of carbonyl (C=O) groups excluding carboxylic acids is 1. The molecule has 1 amide bonds. The number of guanidine groups is 1. The lowest BCUT2D eigenvalue weighted by atomic mass is 9.93. The van der Waals surface area contributed by atoms with E-state index in [9.17, 15) is 4.79 Å². The highest BCUT2D eigenvalue weighted by molar-refractivity contribution is 14.0. The summed E-state index contributed by atoms with van der Waals surface area (Å²) in [4.78, 5) is 23.9. The highest BCUT2D eigenvalue weighted by Gasteiger charge is 2.23. The molecule has 8 heteroatoms. The molecule has 1 aromatic heterocycles. The minimum atomic E-state index is 0. The third-order valence-corrected chi connectivity index (χ3v) is 5.36. The van der Waals surface area contributed by atoms with Crippen molar-refractivity contribution < 1.29 is 4.79 Å². The van der Waals surface area contributed by atoms with E-state index >= 15 is 0 Å². The standard InChI is InChI=1S/C16H27N5OS.HI/c1-11-14(23-12(2)20-11)10-19-16(18-4)21-7-5-13(6-8-21)9-15(22)17-3;/h13H,5-10H2,1-4H3,(H,17,22)(H,18,19);1H. The smallest absolute Gasteiger partial charge is 0.220 e. The normalized spacial score (nSPS) is 15.8. The Morgan fingerprint density at radius 1 is 1.38 bits per heavy atom. The second-order valence-corrected chi connectivity index (χ2v) is 7.24. The van der Waals surface area contributed by atoms with Crippen LogP contribution in [0.1, 0.15) is 34.8 Å². The average Bonchev–Trinajstić information content (AvgIpc) is 2.87. The number of thiazole rings is 1. The number of likely N-dealkylation sites (tertiary alicyclic amines) is 1. The van der Waals surface area contributed by atoms with E-state index in [4.69, 9.17) is 0 Å². The number of rotatable bonds is 4. The van der Waals surface area contributed by atoms with Gasteiger partial charge in [0.1, 0.15) is 0 Å². The minimum Gasteiger partial charge on any atom is -0.359 e. The predicted octanol–water partition coefficient (Wildman–Crippen LogP) is 2.30. The molecule has 1 saturated heterocycles. The highest BCUT2D eigenvalue weighted by Crippen LogP contribution is 2.21. The van der Waals surface area contributed by atoms with Crippen molar-refractivity contribution in [2.45, 2.75) is 39.7 Å². The Bertz CT molecular complexity index is 567. The molecule has 0 aromatic carbocycles. The summed E-state index contributed by atoms with van der Waals surface area (Å²) >= 11 is 1.73. The van der Waals surface area contributed by atoms with Crippen molar-refractivity contribution in [1.82, 2.24) is 20.5 Å². The van der Waals surface area contributed by atoms with Crippen LogP contribution in [0.25, 0.3) is 0 Å². The first-order valence-corrected chi connectivity index (χ1v) is 8.94. The topological polar surface area (TPSA) is 69.6 Å². The quantitative estimate of drug-likeness (QED) is 0.407. The fourth-order valence-corrected chi connectivity index (χ4v) is 3.82. The lowest BCUT2D eigenvalue weighted by Gasteiger charge is -2.34. The summed E-state index contributed by atoms with van der Waals surface area (Å²) in [5, 5.41) is 7.25. The molecule has 0 unspecified atom stereocenters. The molecule has 1 aliphatic heterocycles. The fourth-order valence-electron chi connectivity index (χ4n) is 2.94. The van der Waals surface area contributed by atoms with E-state index in [1.54, 1.807) is 18.4 Å². The Morgan fingerprint density at radius 2 is 2.04 bits per heavy atom. The molecule has 0 radical (unpaired) electrons. The van der Waals surface area contributed by atoms with E-state index in [1.165, 1.54) is 4.88 Å². The number of halogens is 1. The molecule has 2 N–H and O–H groups in total. The first kappa shape index (κ1) is 21.1. The Hall–Kier alpha value is -0.900. The van der Waals surface area contributed by atoms with Gasteiger partial charge in [0.25, 0.3) is 0 Å². The number of piperidine rings is 1. The number of hydrogen-bond donors (Lipinski definition) is 2. The fraction of sp³-hybridized carbons (Fsp3) is 0.688. The zero-order chi connectivity index (χ0) is 16.8. The molecule has 2 rings (SSSR count). The van der Waals surface area contributed by atoms with Crippen LogP contribution in [-0.2, 0) is 11.3 Å². The van der Waals surface area contributed by atoms with Crippen LogP contribution >= 0.6 is 35.3 Å². The second kappa shape index (κ2) is 10.2. The van der Waals surface area contributed by atoms with Crippen molar-refractivity contribution in [3.63, 3.8) is 0 Å². The maximum atomic E-state index is 11.5. The van der Waals surface area contributed by atoms with E-state index < -0.39 is 0 Å². The molecule has 136 valence electrons. The number of aryl methyl sites for hydroxylation is 2. The molecule has 0 saturated carbocycles. The van der Waals surface area contributed by atoms with Gasteiger partial charge in [0.05, 0.1) is 17.2 Å². The van der Waals surface area contributed by atoms with Gasteiger partial charge in [-0.15, -0.1) is 35.3 Å². The number of aromatic nitrogens is 1. The molecule has 1 aliphatic rings. The molecule has 1 fully saturated rings. The zero-order valence-electron chi connectivity index (χ0n) is 14.9. The van der Waals surface area contributed by atoms with Crippen LogP contribution < -0.4 is 10.6 Å². The monoisotopic (exact) mass is 465 g/mol. The van der Waals surface area contributed by atoms with Crippen LogP contribution in [0.3, 0.4) is 0 Å². The van der Waals surface area contributed by atoms with E-state index in [2.05, 4.69) is 25.5 Å². The molecule has 0 aliphatic carbocycles. The van der Waals surface area contributed by atoms with Gasteiger partial charge < -0.3 is 15.5 Å². The Balaban J connectivity index is 0.00000288. The molecule has 24 heavy (non-hydrogen) atoms. The molecule has 0 atom stereocenters. The summed E-state index contributed by atoms with van der Waals surface area (Å²) < 4.78 is 0. The third kappa shape index (κ3) is 5.87. The zero-order valence-corrected chi connectivity index (χ0v) is 18.0. The van der Waals surface area contributed by atoms with Gasteiger partial charge >= 0.3 is 0 Å². The van der Waals surface area contributed by atoms with Crippen molar-refractivity contribution in [2.24, 2.45) is 10.9 Å². The van der Waals surface area contributed by atoms with Crippen LogP contribution in [0.2, 0.25) is 0 Å². The SMILES string of the molecule is CN=C(NCc1sc(C)nc1C)N1CCC(CC(=O)NC)CC1.I. The first-order valence-electron chi connectivity index (χ1n) is 8.12. The van der Waals surface area contributed by atoms with E-state index in [0.717, 1.165) is 49.1 Å². The number of amides is 1. The summed E-state index contributed by atoms with van der Waals surface area (Å²) in [6, 6.07) is 0. The summed E-state index contributed by atoms with van der Waals surface area (Å²) in [5.74, 6) is 1.56. The van der Waals surface area contributed by atoms with Gasteiger partial charge in [-0.1, -0.05) is 0 Å². The maximum absolute atomic E-state index is 11.5. The summed E-state index contributed by atoms with van der Waals surface area (Å²) in [7, 11) is 3.52. The van der Waals surface area contributed by atoms with Crippen LogP contribution in [0.15, 0.2) is 4.99 Å². The van der Waals surface area contributed by atoms with Gasteiger partial charge in [-0.3, -0.25) is 9.79 Å². The largest absolute Gasteiger partial charge is 0.359 e. The maximum Gasteiger partial charge on any atom is 0.220 e. The number of aliphatic imine (C=N–C) groups is 1. The second-order valence-electron chi connectivity index (χ2n) is 5.95. The minimum absolute atomic E-state index is 0. The lowest BCUT2D eigenvalue weighted by molar-refractivity contribution is -0.121. The number of hydrogen-bond acceptors (Lipinski definition) is 4. The van der Waals surface area contributed by atoms with Gasteiger partial charge in [0.15, 0.2) is 5.96 Å². The van der Waals surface area contributed by atoms with Crippen molar-refractivity contribution in [3.8, 4) is 0 Å². The predicted molar refractivity (Wildman–Crippen MR) is 110 cm³/mol. The van der Waals surface area contributed by atoms with Gasteiger partial charge in [-0.05, 0) is 32.6 Å². The van der Waals surface area contributed by atoms with Gasteiger partial charge in [-0.2, -0.15) is 0 Å². The number of nitrogens with one attached hydrogen (secondary N) is 2. The van der Waals surface area contributed by atoms with Crippen molar-refractivity contribution in [1.29, 1.82) is 0 Å². The molecular weight excluding hydrogens is 437 g/mol. The van der Waals surface area contributed by atoms with Crippen molar-refractivity contribution in [2.75, 3.05) is 27.2 Å². The summed E-state index contributed by atoms with van der Waals surface area (Å²) in [5.41, 5.74) is 1.10. The molecule has 2 heterocycles. The number of nitrogens with zero attached hydrogens (tertiary/aromatic N) is 3. The van der Waals surface area contributed by atoms with Crippen LogP contribution in [0.4, 0.5) is 0 Å². The van der Waals surface area contributed by atoms with Crippen molar-refractivity contribution in [3.05, 3.63) is 15.6 Å². The molecule has 0 bridgehead atoms. The molecule has 0 spiro atoms.